The molecule has 0 fully saturated rings. The Kier molecular flexibility index (Phi) is 3.08. The summed E-state index contributed by atoms with van der Waals surface area (Å²) < 4.78 is 6.53. The molecule has 19 heavy (non-hydrogen) atoms. The van der Waals surface area contributed by atoms with Gasteiger partial charge in [-0.3, -0.25) is 10.1 Å². The zero-order chi connectivity index (χ0) is 13.4. The first kappa shape index (κ1) is 12.3. The number of hydrogen-bond donors (Lipinski definition) is 1. The molecule has 0 aliphatic heterocycles. The molecule has 0 radical (unpaired) electrons. The lowest BCUT2D eigenvalue weighted by Gasteiger charge is -1.97. The molecule has 0 saturated carbocycles. The standard InChI is InChI=1S/C12H8BrN3O2S/c1-6-8-4-7(13)2-3-9(8)18-10(6)11(17)15-12-16-14-5-19-12/h2-5H,1H3,(H,15,16,17). The number of nitrogens with zero attached hydrogens (tertiary/aromatic N) is 2. The number of benzene rings is 1. The molecule has 0 saturated heterocycles. The van der Waals surface area contributed by atoms with Crippen LogP contribution in [-0.2, 0) is 0 Å². The van der Waals surface area contributed by atoms with Crippen LogP contribution in [0.2, 0.25) is 0 Å². The highest BCUT2D eigenvalue weighted by Gasteiger charge is 2.18. The van der Waals surface area contributed by atoms with Gasteiger partial charge in [0.2, 0.25) is 5.13 Å². The summed E-state index contributed by atoms with van der Waals surface area (Å²) in [6.45, 7) is 1.85. The van der Waals surface area contributed by atoms with Gasteiger partial charge in [-0.05, 0) is 25.1 Å². The Morgan fingerprint density at radius 1 is 1.47 bits per heavy atom. The summed E-state index contributed by atoms with van der Waals surface area (Å²) in [4.78, 5) is 12.1. The van der Waals surface area contributed by atoms with Crippen molar-refractivity contribution in [1.29, 1.82) is 0 Å². The maximum absolute atomic E-state index is 12.1. The number of nitrogens with one attached hydrogen (secondary N) is 1. The molecule has 1 N–H and O–H groups in total. The van der Waals surface area contributed by atoms with Crippen LogP contribution in [0.15, 0.2) is 32.6 Å². The number of halogens is 1. The topological polar surface area (TPSA) is 68.0 Å². The second-order valence-corrected chi connectivity index (χ2v) is 5.64. The Hall–Kier alpha value is -1.73. The summed E-state index contributed by atoms with van der Waals surface area (Å²) in [7, 11) is 0. The van der Waals surface area contributed by atoms with Gasteiger partial charge < -0.3 is 4.42 Å². The summed E-state index contributed by atoms with van der Waals surface area (Å²) in [6, 6.07) is 5.63. The number of anilines is 1. The second-order valence-electron chi connectivity index (χ2n) is 3.89. The van der Waals surface area contributed by atoms with Gasteiger partial charge in [-0.1, -0.05) is 27.3 Å². The van der Waals surface area contributed by atoms with E-state index in [-0.39, 0.29) is 5.91 Å². The molecule has 3 rings (SSSR count). The zero-order valence-corrected chi connectivity index (χ0v) is 12.2. The van der Waals surface area contributed by atoms with Gasteiger partial charge in [0.1, 0.15) is 11.1 Å². The van der Waals surface area contributed by atoms with Crippen molar-refractivity contribution >= 4 is 49.3 Å². The highest BCUT2D eigenvalue weighted by atomic mass is 79.9. The number of aryl methyl sites for hydroxylation is 1. The van der Waals surface area contributed by atoms with Crippen molar-refractivity contribution in [3.8, 4) is 0 Å². The summed E-state index contributed by atoms with van der Waals surface area (Å²) in [5.74, 6) is -0.0233. The quantitative estimate of drug-likeness (QED) is 0.775. The van der Waals surface area contributed by atoms with E-state index in [1.165, 1.54) is 11.3 Å². The average Bonchev–Trinajstić information content (AvgIpc) is 2.98. The van der Waals surface area contributed by atoms with Crippen LogP contribution in [0.5, 0.6) is 0 Å². The van der Waals surface area contributed by atoms with Crippen molar-refractivity contribution in [2.45, 2.75) is 6.92 Å². The predicted molar refractivity (Wildman–Crippen MR) is 76.5 cm³/mol. The van der Waals surface area contributed by atoms with E-state index in [0.717, 1.165) is 15.4 Å². The van der Waals surface area contributed by atoms with E-state index in [4.69, 9.17) is 4.42 Å². The average molecular weight is 338 g/mol. The lowest BCUT2D eigenvalue weighted by atomic mass is 10.1. The number of fused-ring (bicyclic) bond motifs is 1. The van der Waals surface area contributed by atoms with Gasteiger partial charge in [-0.15, -0.1) is 10.2 Å². The van der Waals surface area contributed by atoms with Crippen molar-refractivity contribution in [1.82, 2.24) is 10.2 Å². The van der Waals surface area contributed by atoms with Crippen LogP contribution in [0.3, 0.4) is 0 Å². The van der Waals surface area contributed by atoms with Crippen molar-refractivity contribution in [3.05, 3.63) is 39.5 Å². The highest BCUT2D eigenvalue weighted by molar-refractivity contribution is 9.10. The van der Waals surface area contributed by atoms with Crippen LogP contribution in [0.25, 0.3) is 11.0 Å². The summed E-state index contributed by atoms with van der Waals surface area (Å²) >= 11 is 4.66. The van der Waals surface area contributed by atoms with E-state index >= 15 is 0 Å². The number of aromatic nitrogens is 2. The Morgan fingerprint density at radius 2 is 2.32 bits per heavy atom. The minimum absolute atomic E-state index is 0.295. The fourth-order valence-corrected chi connectivity index (χ4v) is 2.59. The molecule has 5 nitrogen and oxygen atoms in total. The lowest BCUT2D eigenvalue weighted by molar-refractivity contribution is 0.0998. The van der Waals surface area contributed by atoms with E-state index in [1.807, 2.05) is 25.1 Å². The van der Waals surface area contributed by atoms with Crippen molar-refractivity contribution in [2.24, 2.45) is 0 Å². The van der Waals surface area contributed by atoms with Gasteiger partial charge in [0.05, 0.1) is 0 Å². The monoisotopic (exact) mass is 337 g/mol. The Morgan fingerprint density at radius 3 is 3.05 bits per heavy atom. The van der Waals surface area contributed by atoms with Crippen LogP contribution in [0.4, 0.5) is 5.13 Å². The largest absolute Gasteiger partial charge is 0.451 e. The molecule has 96 valence electrons. The fourth-order valence-electron chi connectivity index (χ4n) is 1.79. The first-order valence-electron chi connectivity index (χ1n) is 5.41. The zero-order valence-electron chi connectivity index (χ0n) is 9.81. The van der Waals surface area contributed by atoms with E-state index in [0.29, 0.717) is 16.5 Å². The van der Waals surface area contributed by atoms with Gasteiger partial charge in [-0.25, -0.2) is 0 Å². The third kappa shape index (κ3) is 2.26. The normalized spacial score (nSPS) is 10.8. The molecule has 0 atom stereocenters. The molecule has 0 bridgehead atoms. The minimum Gasteiger partial charge on any atom is -0.451 e. The van der Waals surface area contributed by atoms with Crippen LogP contribution < -0.4 is 5.32 Å². The Balaban J connectivity index is 2.00. The maximum Gasteiger partial charge on any atom is 0.293 e. The summed E-state index contributed by atoms with van der Waals surface area (Å²) in [5.41, 5.74) is 3.04. The third-order valence-electron chi connectivity index (χ3n) is 2.68. The van der Waals surface area contributed by atoms with E-state index in [1.54, 1.807) is 5.51 Å². The van der Waals surface area contributed by atoms with Crippen molar-refractivity contribution in [2.75, 3.05) is 5.32 Å². The molecule has 0 spiro atoms. The van der Waals surface area contributed by atoms with Gasteiger partial charge in [0.15, 0.2) is 5.76 Å². The first-order chi connectivity index (χ1) is 9.15. The number of rotatable bonds is 2. The molecule has 2 heterocycles. The first-order valence-corrected chi connectivity index (χ1v) is 7.08. The molecule has 3 aromatic rings. The summed E-state index contributed by atoms with van der Waals surface area (Å²) in [5, 5.41) is 11.4. The van der Waals surface area contributed by atoms with E-state index in [2.05, 4.69) is 31.4 Å². The SMILES string of the molecule is Cc1c(C(=O)Nc2nncs2)oc2ccc(Br)cc12. The minimum atomic E-state index is -0.318. The number of hydrogen-bond acceptors (Lipinski definition) is 5. The molecule has 0 unspecified atom stereocenters. The Bertz CT molecular complexity index is 752. The van der Waals surface area contributed by atoms with Crippen LogP contribution in [0.1, 0.15) is 16.1 Å². The number of furan rings is 1. The molecular weight excluding hydrogens is 330 g/mol. The van der Waals surface area contributed by atoms with Crippen molar-refractivity contribution < 1.29 is 9.21 Å². The Labute approximate surface area is 120 Å². The molecular formula is C12H8BrN3O2S. The lowest BCUT2D eigenvalue weighted by Crippen LogP contribution is -2.11. The molecule has 1 aromatic carbocycles. The number of amides is 1. The summed E-state index contributed by atoms with van der Waals surface area (Å²) in [6.07, 6.45) is 0. The van der Waals surface area contributed by atoms with Crippen LogP contribution in [-0.4, -0.2) is 16.1 Å². The molecule has 0 aliphatic carbocycles. The second kappa shape index (κ2) is 4.75. The van der Waals surface area contributed by atoms with Crippen LogP contribution in [0, 0.1) is 6.92 Å². The molecule has 1 amide bonds. The number of carbonyl (C=O) groups excluding carboxylic acids is 1. The number of carbonyl (C=O) groups is 1. The van der Waals surface area contributed by atoms with Gasteiger partial charge >= 0.3 is 0 Å². The molecule has 0 aliphatic rings. The van der Waals surface area contributed by atoms with Gasteiger partial charge in [0, 0.05) is 15.4 Å². The van der Waals surface area contributed by atoms with Crippen molar-refractivity contribution in [3.63, 3.8) is 0 Å². The highest BCUT2D eigenvalue weighted by Crippen LogP contribution is 2.28. The van der Waals surface area contributed by atoms with Gasteiger partial charge in [-0.2, -0.15) is 0 Å². The molecule has 7 heteroatoms. The maximum atomic E-state index is 12.1. The van der Waals surface area contributed by atoms with Gasteiger partial charge in [0.25, 0.3) is 5.91 Å². The van der Waals surface area contributed by atoms with E-state index in [9.17, 15) is 4.79 Å². The molecule has 2 aromatic heterocycles. The fraction of sp³-hybridized carbons (Fsp3) is 0.0833. The smallest absolute Gasteiger partial charge is 0.293 e. The van der Waals surface area contributed by atoms with Crippen LogP contribution >= 0.6 is 27.3 Å². The predicted octanol–water partition coefficient (Wildman–Crippen LogP) is 3.61. The van der Waals surface area contributed by atoms with E-state index < -0.39 is 0 Å². The third-order valence-corrected chi connectivity index (χ3v) is 3.78.